The lowest BCUT2D eigenvalue weighted by molar-refractivity contribution is -0.141. The van der Waals surface area contributed by atoms with Gasteiger partial charge in [0.05, 0.1) is 24.2 Å². The molecule has 0 aromatic heterocycles. The number of nitrogens with zero attached hydrogens (tertiary/aromatic N) is 1. The van der Waals surface area contributed by atoms with E-state index in [2.05, 4.69) is 0 Å². The fourth-order valence-corrected chi connectivity index (χ4v) is 3.16. The third-order valence-corrected chi connectivity index (χ3v) is 3.98. The molecule has 1 amide bonds. The van der Waals surface area contributed by atoms with E-state index in [4.69, 9.17) is 9.84 Å². The second-order valence-electron chi connectivity index (χ2n) is 4.96. The third kappa shape index (κ3) is 1.42. The summed E-state index contributed by atoms with van der Waals surface area (Å²) in [5.41, 5.74) is 0. The number of carboxylic acid groups (broad SMARTS) is 1. The molecule has 3 rings (SSSR count). The lowest BCUT2D eigenvalue weighted by Crippen LogP contribution is -2.43. The summed E-state index contributed by atoms with van der Waals surface area (Å²) in [5, 5.41) is 8.91. The number of carbonyl (C=O) groups is 2. The maximum atomic E-state index is 11.8. The largest absolute Gasteiger partial charge is 0.481 e. The lowest BCUT2D eigenvalue weighted by atomic mass is 9.94. The molecule has 5 nitrogen and oxygen atoms in total. The van der Waals surface area contributed by atoms with Crippen LogP contribution in [0, 0.1) is 5.92 Å². The fraction of sp³-hybridized carbons (Fsp3) is 0.818. The van der Waals surface area contributed by atoms with E-state index in [1.54, 1.807) is 4.90 Å². The van der Waals surface area contributed by atoms with Gasteiger partial charge >= 0.3 is 5.97 Å². The quantitative estimate of drug-likeness (QED) is 0.731. The first-order chi connectivity index (χ1) is 7.65. The Morgan fingerprint density at radius 2 is 2.25 bits per heavy atom. The van der Waals surface area contributed by atoms with Crippen LogP contribution in [0.15, 0.2) is 0 Å². The Kier molecular flexibility index (Phi) is 2.17. The van der Waals surface area contributed by atoms with Crippen molar-refractivity contribution in [3.63, 3.8) is 0 Å². The first-order valence-corrected chi connectivity index (χ1v) is 5.83. The van der Waals surface area contributed by atoms with Crippen molar-refractivity contribution >= 4 is 11.9 Å². The van der Waals surface area contributed by atoms with Crippen LogP contribution >= 0.6 is 0 Å². The van der Waals surface area contributed by atoms with E-state index < -0.39 is 11.9 Å². The molecule has 5 heteroatoms. The Morgan fingerprint density at radius 3 is 2.75 bits per heavy atom. The molecule has 0 saturated carbocycles. The van der Waals surface area contributed by atoms with Crippen LogP contribution in [0.1, 0.15) is 25.7 Å². The number of carbonyl (C=O) groups excluding carboxylic acids is 1. The van der Waals surface area contributed by atoms with Gasteiger partial charge in [0.2, 0.25) is 5.91 Å². The van der Waals surface area contributed by atoms with Crippen LogP contribution < -0.4 is 0 Å². The Bertz CT molecular complexity index is 343. The normalized spacial score (nSPS) is 42.0. The molecule has 4 unspecified atom stereocenters. The van der Waals surface area contributed by atoms with E-state index in [1.807, 2.05) is 0 Å². The second kappa shape index (κ2) is 3.45. The summed E-state index contributed by atoms with van der Waals surface area (Å²) in [7, 11) is 0. The SMILES string of the molecule is O=C(O)C1CC(=O)N(C2CC3CCC2O3)C1. The molecule has 3 saturated heterocycles. The highest BCUT2D eigenvalue weighted by Crippen LogP contribution is 2.39. The predicted octanol–water partition coefficient (Wildman–Crippen LogP) is 0.239. The van der Waals surface area contributed by atoms with Crippen molar-refractivity contribution in [2.75, 3.05) is 6.54 Å². The van der Waals surface area contributed by atoms with E-state index >= 15 is 0 Å². The van der Waals surface area contributed by atoms with E-state index in [0.29, 0.717) is 12.6 Å². The smallest absolute Gasteiger partial charge is 0.308 e. The van der Waals surface area contributed by atoms with Crippen molar-refractivity contribution < 1.29 is 19.4 Å². The van der Waals surface area contributed by atoms with Crippen molar-refractivity contribution in [3.05, 3.63) is 0 Å². The van der Waals surface area contributed by atoms with E-state index in [9.17, 15) is 9.59 Å². The summed E-state index contributed by atoms with van der Waals surface area (Å²) < 4.78 is 5.70. The molecule has 3 aliphatic rings. The number of likely N-dealkylation sites (tertiary alicyclic amines) is 1. The molecule has 0 spiro atoms. The first kappa shape index (κ1) is 10.1. The van der Waals surface area contributed by atoms with Crippen LogP contribution in [-0.4, -0.2) is 46.7 Å². The van der Waals surface area contributed by atoms with Crippen LogP contribution in [0.4, 0.5) is 0 Å². The predicted molar refractivity (Wildman–Crippen MR) is 53.8 cm³/mol. The zero-order chi connectivity index (χ0) is 11.3. The summed E-state index contributed by atoms with van der Waals surface area (Å²) in [4.78, 5) is 24.4. The van der Waals surface area contributed by atoms with E-state index in [1.165, 1.54) is 0 Å². The Morgan fingerprint density at radius 1 is 1.44 bits per heavy atom. The number of amides is 1. The molecule has 3 fully saturated rings. The van der Waals surface area contributed by atoms with Gasteiger partial charge in [-0.1, -0.05) is 0 Å². The van der Waals surface area contributed by atoms with Gasteiger partial charge in [0.15, 0.2) is 0 Å². The van der Waals surface area contributed by atoms with Crippen LogP contribution in [0.25, 0.3) is 0 Å². The molecule has 0 aromatic carbocycles. The van der Waals surface area contributed by atoms with Crippen molar-refractivity contribution in [1.82, 2.24) is 4.90 Å². The van der Waals surface area contributed by atoms with E-state index in [0.717, 1.165) is 19.3 Å². The van der Waals surface area contributed by atoms with Crippen molar-refractivity contribution in [1.29, 1.82) is 0 Å². The summed E-state index contributed by atoms with van der Waals surface area (Å²) in [5.74, 6) is -1.40. The molecule has 0 aromatic rings. The monoisotopic (exact) mass is 225 g/mol. The van der Waals surface area contributed by atoms with Gasteiger partial charge in [-0.15, -0.1) is 0 Å². The highest BCUT2D eigenvalue weighted by molar-refractivity contribution is 5.86. The van der Waals surface area contributed by atoms with Crippen molar-refractivity contribution in [3.8, 4) is 0 Å². The molecule has 3 aliphatic heterocycles. The molecule has 4 atom stereocenters. The van der Waals surface area contributed by atoms with E-state index in [-0.39, 0.29) is 24.5 Å². The first-order valence-electron chi connectivity index (χ1n) is 5.83. The maximum absolute atomic E-state index is 11.8. The van der Waals surface area contributed by atoms with Crippen LogP contribution in [-0.2, 0) is 14.3 Å². The maximum Gasteiger partial charge on any atom is 0.308 e. The highest BCUT2D eigenvalue weighted by atomic mass is 16.5. The average molecular weight is 225 g/mol. The molecule has 3 heterocycles. The molecular formula is C11H15NO4. The zero-order valence-corrected chi connectivity index (χ0v) is 8.96. The van der Waals surface area contributed by atoms with Gasteiger partial charge < -0.3 is 14.7 Å². The Labute approximate surface area is 93.4 Å². The minimum absolute atomic E-state index is 0.0199. The lowest BCUT2D eigenvalue weighted by Gasteiger charge is -2.29. The average Bonchev–Trinajstić information content (AvgIpc) is 2.90. The minimum Gasteiger partial charge on any atom is -0.481 e. The Balaban J connectivity index is 1.72. The molecule has 0 radical (unpaired) electrons. The van der Waals surface area contributed by atoms with Crippen LogP contribution in [0.2, 0.25) is 0 Å². The second-order valence-corrected chi connectivity index (χ2v) is 4.96. The fourth-order valence-electron chi connectivity index (χ4n) is 3.16. The summed E-state index contributed by atoms with van der Waals surface area (Å²) >= 11 is 0. The Hall–Kier alpha value is -1.10. The number of fused-ring (bicyclic) bond motifs is 2. The topological polar surface area (TPSA) is 66.8 Å². The molecule has 1 N–H and O–H groups in total. The third-order valence-electron chi connectivity index (χ3n) is 3.98. The summed E-state index contributed by atoms with van der Waals surface area (Å²) in [6.07, 6.45) is 3.60. The zero-order valence-electron chi connectivity index (χ0n) is 8.96. The molecule has 16 heavy (non-hydrogen) atoms. The molecule has 2 bridgehead atoms. The van der Waals surface area contributed by atoms with Gasteiger partial charge in [-0.05, 0) is 19.3 Å². The number of hydrogen-bond acceptors (Lipinski definition) is 3. The van der Waals surface area contributed by atoms with Gasteiger partial charge in [0, 0.05) is 13.0 Å². The molecular weight excluding hydrogens is 210 g/mol. The van der Waals surface area contributed by atoms with Crippen molar-refractivity contribution in [2.45, 2.75) is 43.9 Å². The molecule has 0 aliphatic carbocycles. The number of rotatable bonds is 2. The standard InChI is InChI=1S/C11H15NO4/c13-10-3-6(11(14)15)5-12(10)8-4-7-1-2-9(8)16-7/h6-9H,1-5H2,(H,14,15). The summed E-state index contributed by atoms with van der Waals surface area (Å²) in [6, 6.07) is 0.135. The minimum atomic E-state index is -0.861. The molecule has 88 valence electrons. The van der Waals surface area contributed by atoms with Gasteiger partial charge in [-0.25, -0.2) is 0 Å². The van der Waals surface area contributed by atoms with Gasteiger partial charge in [0.1, 0.15) is 0 Å². The van der Waals surface area contributed by atoms with Crippen LogP contribution in [0.5, 0.6) is 0 Å². The van der Waals surface area contributed by atoms with Crippen LogP contribution in [0.3, 0.4) is 0 Å². The van der Waals surface area contributed by atoms with Gasteiger partial charge in [-0.2, -0.15) is 0 Å². The number of carboxylic acids is 1. The highest BCUT2D eigenvalue weighted by Gasteiger charge is 2.48. The number of aliphatic carboxylic acids is 1. The van der Waals surface area contributed by atoms with Crippen molar-refractivity contribution in [2.24, 2.45) is 5.92 Å². The van der Waals surface area contributed by atoms with Gasteiger partial charge in [0.25, 0.3) is 0 Å². The summed E-state index contributed by atoms with van der Waals surface area (Å²) in [6.45, 7) is 0.366. The number of hydrogen-bond donors (Lipinski definition) is 1. The number of ether oxygens (including phenoxy) is 1. The van der Waals surface area contributed by atoms with Gasteiger partial charge in [-0.3, -0.25) is 9.59 Å².